The Morgan fingerprint density at radius 3 is 2.81 bits per heavy atom. The molecule has 1 heterocycles. The molecule has 0 aliphatic heterocycles. The van der Waals surface area contributed by atoms with Crippen molar-refractivity contribution < 1.29 is 4.79 Å². The number of amides is 1. The molecule has 0 radical (unpaired) electrons. The van der Waals surface area contributed by atoms with Crippen molar-refractivity contribution in [3.63, 3.8) is 0 Å². The zero-order valence-electron chi connectivity index (χ0n) is 8.79. The van der Waals surface area contributed by atoms with Crippen molar-refractivity contribution >= 4 is 11.7 Å². The fraction of sp³-hybridized carbons (Fsp3) is 0.500. The summed E-state index contributed by atoms with van der Waals surface area (Å²) in [5.74, 6) is -0.125. The second-order valence-electron chi connectivity index (χ2n) is 2.99. The van der Waals surface area contributed by atoms with Crippen LogP contribution in [0.1, 0.15) is 13.3 Å². The quantitative estimate of drug-likeness (QED) is 0.482. The largest absolute Gasteiger partial charge is 0.364 e. The van der Waals surface area contributed by atoms with E-state index in [1.807, 2.05) is 11.9 Å². The van der Waals surface area contributed by atoms with E-state index in [0.717, 1.165) is 0 Å². The number of rotatable bonds is 5. The van der Waals surface area contributed by atoms with Gasteiger partial charge in [-0.25, -0.2) is 9.89 Å². The third-order valence-corrected chi connectivity index (χ3v) is 1.73. The lowest BCUT2D eigenvalue weighted by molar-refractivity contribution is -0.120. The minimum Gasteiger partial charge on any atom is -0.364 e. The Balaban J connectivity index is 2.46. The van der Waals surface area contributed by atoms with E-state index in [-0.39, 0.29) is 24.7 Å². The molecule has 1 aromatic rings. The molecule has 8 nitrogen and oxygen atoms in total. The Hall–Kier alpha value is -2.12. The molecule has 88 valence electrons. The van der Waals surface area contributed by atoms with E-state index < -0.39 is 11.2 Å². The summed E-state index contributed by atoms with van der Waals surface area (Å²) in [6.07, 6.45) is 0.230. The summed E-state index contributed by atoms with van der Waals surface area (Å²) >= 11 is 0. The molecular weight excluding hydrogens is 214 g/mol. The predicted molar refractivity (Wildman–Crippen MR) is 57.3 cm³/mol. The maximum atomic E-state index is 11.1. The highest BCUT2D eigenvalue weighted by molar-refractivity contribution is 5.76. The third kappa shape index (κ3) is 3.56. The SMILES string of the molecule is CCNC(=O)CCNc1n[nH]c(=O)[nH]c1=O. The average Bonchev–Trinajstić information content (AvgIpc) is 2.22. The number of aromatic amines is 2. The fourth-order valence-corrected chi connectivity index (χ4v) is 1.05. The van der Waals surface area contributed by atoms with Crippen LogP contribution < -0.4 is 21.9 Å². The van der Waals surface area contributed by atoms with Crippen LogP contribution in [-0.2, 0) is 4.79 Å². The summed E-state index contributed by atoms with van der Waals surface area (Å²) in [6, 6.07) is 0. The van der Waals surface area contributed by atoms with E-state index in [2.05, 4.69) is 20.8 Å². The Labute approximate surface area is 90.5 Å². The minimum absolute atomic E-state index is 0.0103. The predicted octanol–water partition coefficient (Wildman–Crippen LogP) is -1.60. The molecule has 0 bridgehead atoms. The van der Waals surface area contributed by atoms with Crippen LogP contribution in [0, 0.1) is 0 Å². The monoisotopic (exact) mass is 227 g/mol. The van der Waals surface area contributed by atoms with E-state index in [1.54, 1.807) is 0 Å². The number of hydrogen-bond donors (Lipinski definition) is 4. The first-order chi connectivity index (χ1) is 7.63. The highest BCUT2D eigenvalue weighted by atomic mass is 16.2. The topological polar surface area (TPSA) is 120 Å². The minimum atomic E-state index is -0.667. The van der Waals surface area contributed by atoms with Crippen LogP contribution >= 0.6 is 0 Å². The lowest BCUT2D eigenvalue weighted by Gasteiger charge is -2.03. The first-order valence-corrected chi connectivity index (χ1v) is 4.83. The molecule has 1 amide bonds. The summed E-state index contributed by atoms with van der Waals surface area (Å²) in [6.45, 7) is 2.66. The first-order valence-electron chi connectivity index (χ1n) is 4.83. The Kier molecular flexibility index (Phi) is 4.25. The summed E-state index contributed by atoms with van der Waals surface area (Å²) in [5, 5.41) is 10.8. The molecule has 0 unspecified atom stereocenters. The molecule has 0 spiro atoms. The number of nitrogens with one attached hydrogen (secondary N) is 4. The fourth-order valence-electron chi connectivity index (χ4n) is 1.05. The van der Waals surface area contributed by atoms with Crippen LogP contribution in [0.2, 0.25) is 0 Å². The number of anilines is 1. The average molecular weight is 227 g/mol. The Morgan fingerprint density at radius 1 is 1.44 bits per heavy atom. The zero-order chi connectivity index (χ0) is 12.0. The van der Waals surface area contributed by atoms with Crippen LogP contribution in [0.3, 0.4) is 0 Å². The highest BCUT2D eigenvalue weighted by Gasteiger charge is 2.03. The Morgan fingerprint density at radius 2 is 2.19 bits per heavy atom. The van der Waals surface area contributed by atoms with Crippen LogP contribution in [0.15, 0.2) is 9.59 Å². The van der Waals surface area contributed by atoms with Crippen molar-refractivity contribution in [1.82, 2.24) is 20.5 Å². The van der Waals surface area contributed by atoms with Gasteiger partial charge in [0.05, 0.1) is 0 Å². The maximum absolute atomic E-state index is 11.1. The van der Waals surface area contributed by atoms with Crippen molar-refractivity contribution in [3.05, 3.63) is 20.8 Å². The summed E-state index contributed by atoms with van der Waals surface area (Å²) in [7, 11) is 0. The molecule has 1 rings (SSSR count). The van der Waals surface area contributed by atoms with Crippen LogP contribution in [-0.4, -0.2) is 34.2 Å². The lowest BCUT2D eigenvalue weighted by atomic mass is 10.4. The van der Waals surface area contributed by atoms with Gasteiger partial charge in [-0.05, 0) is 6.92 Å². The van der Waals surface area contributed by atoms with Gasteiger partial charge in [0.2, 0.25) is 11.7 Å². The molecule has 4 N–H and O–H groups in total. The second-order valence-corrected chi connectivity index (χ2v) is 2.99. The smallest absolute Gasteiger partial charge is 0.342 e. The number of carbonyl (C=O) groups excluding carboxylic acids is 1. The molecule has 0 aliphatic rings. The molecular formula is C8H13N5O3. The summed E-state index contributed by atoms with van der Waals surface area (Å²) in [5.41, 5.74) is -1.28. The van der Waals surface area contributed by atoms with Crippen LogP contribution in [0.4, 0.5) is 5.82 Å². The zero-order valence-corrected chi connectivity index (χ0v) is 8.79. The number of nitrogens with zero attached hydrogens (tertiary/aromatic N) is 1. The summed E-state index contributed by atoms with van der Waals surface area (Å²) < 4.78 is 0. The van der Waals surface area contributed by atoms with Gasteiger partial charge in [-0.15, -0.1) is 5.10 Å². The third-order valence-electron chi connectivity index (χ3n) is 1.73. The van der Waals surface area contributed by atoms with E-state index >= 15 is 0 Å². The van der Waals surface area contributed by atoms with Gasteiger partial charge in [0, 0.05) is 19.5 Å². The molecule has 0 saturated carbocycles. The van der Waals surface area contributed by atoms with Crippen molar-refractivity contribution in [1.29, 1.82) is 0 Å². The molecule has 1 aromatic heterocycles. The number of hydrogen-bond acceptors (Lipinski definition) is 5. The van der Waals surface area contributed by atoms with Gasteiger partial charge in [0.15, 0.2) is 0 Å². The van der Waals surface area contributed by atoms with Gasteiger partial charge in [-0.3, -0.25) is 14.6 Å². The van der Waals surface area contributed by atoms with Crippen molar-refractivity contribution in [2.75, 3.05) is 18.4 Å². The standard InChI is InChI=1S/C8H13N5O3/c1-2-9-5(14)3-4-10-6-7(15)11-8(16)13-12-6/h2-4H2,1H3,(H,9,14)(H,10,12)(H2,11,13,15,16). The van der Waals surface area contributed by atoms with Crippen molar-refractivity contribution in [2.24, 2.45) is 0 Å². The van der Waals surface area contributed by atoms with Gasteiger partial charge in [-0.1, -0.05) is 0 Å². The lowest BCUT2D eigenvalue weighted by Crippen LogP contribution is -2.29. The van der Waals surface area contributed by atoms with Gasteiger partial charge in [-0.2, -0.15) is 0 Å². The Bertz CT molecular complexity index is 463. The van der Waals surface area contributed by atoms with E-state index in [9.17, 15) is 14.4 Å². The number of aromatic nitrogens is 3. The van der Waals surface area contributed by atoms with E-state index in [0.29, 0.717) is 6.54 Å². The molecule has 8 heteroatoms. The molecule has 0 saturated heterocycles. The molecule has 0 aliphatic carbocycles. The van der Waals surface area contributed by atoms with Crippen molar-refractivity contribution in [2.45, 2.75) is 13.3 Å². The van der Waals surface area contributed by atoms with Crippen molar-refractivity contribution in [3.8, 4) is 0 Å². The van der Waals surface area contributed by atoms with Gasteiger partial charge >= 0.3 is 5.69 Å². The number of carbonyl (C=O) groups is 1. The normalized spacial score (nSPS) is 9.81. The van der Waals surface area contributed by atoms with Crippen LogP contribution in [0.25, 0.3) is 0 Å². The number of H-pyrrole nitrogens is 2. The molecule has 0 atom stereocenters. The van der Waals surface area contributed by atoms with Crippen LogP contribution in [0.5, 0.6) is 0 Å². The first kappa shape index (κ1) is 12.0. The van der Waals surface area contributed by atoms with Gasteiger partial charge < -0.3 is 10.6 Å². The molecule has 0 fully saturated rings. The van der Waals surface area contributed by atoms with E-state index in [4.69, 9.17) is 0 Å². The molecule has 16 heavy (non-hydrogen) atoms. The second kappa shape index (κ2) is 5.69. The highest BCUT2D eigenvalue weighted by Crippen LogP contribution is 1.87. The summed E-state index contributed by atoms with van der Waals surface area (Å²) in [4.78, 5) is 34.9. The molecule has 0 aromatic carbocycles. The van der Waals surface area contributed by atoms with E-state index in [1.165, 1.54) is 0 Å². The van der Waals surface area contributed by atoms with Gasteiger partial charge in [0.1, 0.15) is 0 Å². The maximum Gasteiger partial charge on any atom is 0.342 e. The van der Waals surface area contributed by atoms with Gasteiger partial charge in [0.25, 0.3) is 5.56 Å².